The first-order valence-corrected chi connectivity index (χ1v) is 10.7. The molecule has 0 unspecified atom stereocenters. The number of fused-ring (bicyclic) bond motifs is 2. The Morgan fingerprint density at radius 1 is 1.17 bits per heavy atom. The largest absolute Gasteiger partial charge is 0.497 e. The van der Waals surface area contributed by atoms with Gasteiger partial charge in [-0.15, -0.1) is 0 Å². The number of benzene rings is 1. The summed E-state index contributed by atoms with van der Waals surface area (Å²) in [5, 5.41) is 4.11. The molecular formula is C23H29N3O3. The molecule has 1 aromatic heterocycles. The molecule has 3 atom stereocenters. The number of piperidine rings is 3. The Balaban J connectivity index is 1.48. The molecule has 0 saturated carbocycles. The summed E-state index contributed by atoms with van der Waals surface area (Å²) in [6.07, 6.45) is 2.35. The summed E-state index contributed by atoms with van der Waals surface area (Å²) in [4.78, 5) is 18.1. The van der Waals surface area contributed by atoms with Gasteiger partial charge in [-0.2, -0.15) is 0 Å². The molecule has 0 N–H and O–H groups in total. The molecular weight excluding hydrogens is 366 g/mol. The minimum atomic E-state index is -0.0100. The molecule has 4 aliphatic rings. The second kappa shape index (κ2) is 7.17. The van der Waals surface area contributed by atoms with Crippen molar-refractivity contribution < 1.29 is 14.1 Å². The Morgan fingerprint density at radius 2 is 1.90 bits per heavy atom. The van der Waals surface area contributed by atoms with Gasteiger partial charge in [0.2, 0.25) is 5.76 Å². The van der Waals surface area contributed by atoms with Crippen molar-refractivity contribution in [3.05, 3.63) is 47.3 Å². The summed E-state index contributed by atoms with van der Waals surface area (Å²) in [5.74, 6) is 2.36. The molecule has 0 aliphatic carbocycles. The number of carbonyl (C=O) groups is 1. The fraction of sp³-hybridized carbons (Fsp3) is 0.565. The lowest BCUT2D eigenvalue weighted by atomic mass is 9.75. The third-order valence-electron chi connectivity index (χ3n) is 7.13. The quantitative estimate of drug-likeness (QED) is 0.793. The van der Waals surface area contributed by atoms with Crippen LogP contribution >= 0.6 is 0 Å². The molecule has 5 heterocycles. The van der Waals surface area contributed by atoms with E-state index in [0.29, 0.717) is 23.6 Å². The zero-order chi connectivity index (χ0) is 20.1. The number of nitrogens with zero attached hydrogens (tertiary/aromatic N) is 3. The van der Waals surface area contributed by atoms with Crippen LogP contribution < -0.4 is 4.74 Å². The van der Waals surface area contributed by atoms with Crippen LogP contribution in [0.4, 0.5) is 0 Å². The predicted molar refractivity (Wildman–Crippen MR) is 109 cm³/mol. The second-order valence-corrected chi connectivity index (χ2v) is 8.96. The third kappa shape index (κ3) is 3.05. The smallest absolute Gasteiger partial charge is 0.292 e. The highest BCUT2D eigenvalue weighted by molar-refractivity contribution is 5.92. The van der Waals surface area contributed by atoms with E-state index in [1.165, 1.54) is 18.4 Å². The van der Waals surface area contributed by atoms with Crippen molar-refractivity contribution in [2.45, 2.75) is 50.6 Å². The fourth-order valence-corrected chi connectivity index (χ4v) is 5.60. The summed E-state index contributed by atoms with van der Waals surface area (Å²) < 4.78 is 10.8. The van der Waals surface area contributed by atoms with Crippen LogP contribution in [0, 0.1) is 5.92 Å². The van der Waals surface area contributed by atoms with Gasteiger partial charge in [0.15, 0.2) is 0 Å². The maximum Gasteiger partial charge on any atom is 0.292 e. The number of ether oxygens (including phenoxy) is 1. The van der Waals surface area contributed by atoms with Crippen molar-refractivity contribution in [2.24, 2.45) is 5.92 Å². The van der Waals surface area contributed by atoms with Crippen LogP contribution in [0.25, 0.3) is 0 Å². The van der Waals surface area contributed by atoms with E-state index in [2.05, 4.69) is 40.9 Å². The van der Waals surface area contributed by atoms with Crippen molar-refractivity contribution in [2.75, 3.05) is 26.7 Å². The second-order valence-electron chi connectivity index (χ2n) is 8.96. The number of hydrogen-bond acceptors (Lipinski definition) is 5. The molecule has 1 amide bonds. The van der Waals surface area contributed by atoms with Gasteiger partial charge in [-0.05, 0) is 55.5 Å². The highest BCUT2D eigenvalue weighted by atomic mass is 16.5. The average molecular weight is 396 g/mol. The summed E-state index contributed by atoms with van der Waals surface area (Å²) in [5.41, 5.74) is 2.12. The zero-order valence-electron chi connectivity index (χ0n) is 17.4. The van der Waals surface area contributed by atoms with Crippen molar-refractivity contribution >= 4 is 5.91 Å². The van der Waals surface area contributed by atoms with Gasteiger partial charge in [0.05, 0.1) is 18.8 Å². The summed E-state index contributed by atoms with van der Waals surface area (Å²) in [6, 6.07) is 10.8. The molecule has 0 spiro atoms. The molecule has 0 radical (unpaired) electrons. The molecule has 4 aliphatic heterocycles. The van der Waals surface area contributed by atoms with Gasteiger partial charge in [-0.3, -0.25) is 9.69 Å². The number of carbonyl (C=O) groups excluding carboxylic acids is 1. The van der Waals surface area contributed by atoms with E-state index < -0.39 is 0 Å². The van der Waals surface area contributed by atoms with Gasteiger partial charge in [0.25, 0.3) is 5.91 Å². The Bertz CT molecular complexity index is 883. The molecule has 2 bridgehead atoms. The minimum Gasteiger partial charge on any atom is -0.497 e. The van der Waals surface area contributed by atoms with E-state index in [1.807, 2.05) is 18.2 Å². The van der Waals surface area contributed by atoms with Crippen LogP contribution in [0.5, 0.6) is 5.75 Å². The standard InChI is InChI=1S/C23H29N3O3/c1-14(2)19-12-20(29-24-19)23(27)26-13-18(15-4-6-17(28-3)7-5-15)22-21(26)16-8-10-25(22)11-9-16/h4-7,12,14,16,18,21-22H,8-11,13H2,1-3H3/t18-,21+,22+/m1/s1. The van der Waals surface area contributed by atoms with E-state index >= 15 is 0 Å². The van der Waals surface area contributed by atoms with Crippen LogP contribution in [0.15, 0.2) is 34.9 Å². The number of hydrogen-bond donors (Lipinski definition) is 0. The number of amides is 1. The number of rotatable bonds is 4. The summed E-state index contributed by atoms with van der Waals surface area (Å²) in [6.45, 7) is 7.13. The van der Waals surface area contributed by atoms with Crippen LogP contribution in [-0.2, 0) is 0 Å². The fourth-order valence-electron chi connectivity index (χ4n) is 5.60. The molecule has 4 fully saturated rings. The van der Waals surface area contributed by atoms with Gasteiger partial charge in [0, 0.05) is 24.6 Å². The monoisotopic (exact) mass is 395 g/mol. The Hall–Kier alpha value is -2.34. The van der Waals surface area contributed by atoms with Gasteiger partial charge in [-0.25, -0.2) is 0 Å². The predicted octanol–water partition coefficient (Wildman–Crippen LogP) is 3.51. The van der Waals surface area contributed by atoms with Crippen molar-refractivity contribution in [3.8, 4) is 5.75 Å². The van der Waals surface area contributed by atoms with E-state index in [9.17, 15) is 4.79 Å². The molecule has 29 heavy (non-hydrogen) atoms. The van der Waals surface area contributed by atoms with E-state index in [0.717, 1.165) is 31.1 Å². The number of aromatic nitrogens is 1. The minimum absolute atomic E-state index is 0.0100. The lowest BCUT2D eigenvalue weighted by Gasteiger charge is -2.51. The highest BCUT2D eigenvalue weighted by Crippen LogP contribution is 2.47. The van der Waals surface area contributed by atoms with Crippen molar-refractivity contribution in [1.29, 1.82) is 0 Å². The highest BCUT2D eigenvalue weighted by Gasteiger charge is 2.55. The van der Waals surface area contributed by atoms with Crippen LogP contribution in [0.3, 0.4) is 0 Å². The molecule has 6 nitrogen and oxygen atoms in total. The molecule has 1 aromatic carbocycles. The molecule has 6 heteroatoms. The first-order chi connectivity index (χ1) is 14.1. The van der Waals surface area contributed by atoms with Gasteiger partial charge < -0.3 is 14.2 Å². The van der Waals surface area contributed by atoms with E-state index in [-0.39, 0.29) is 17.9 Å². The maximum absolute atomic E-state index is 13.4. The van der Waals surface area contributed by atoms with Crippen molar-refractivity contribution in [3.63, 3.8) is 0 Å². The first-order valence-electron chi connectivity index (χ1n) is 10.7. The van der Waals surface area contributed by atoms with Crippen LogP contribution in [-0.4, -0.2) is 59.7 Å². The van der Waals surface area contributed by atoms with E-state index in [4.69, 9.17) is 9.26 Å². The van der Waals surface area contributed by atoms with E-state index in [1.54, 1.807) is 7.11 Å². The average Bonchev–Trinajstić information content (AvgIpc) is 3.41. The van der Waals surface area contributed by atoms with Gasteiger partial charge >= 0.3 is 0 Å². The van der Waals surface area contributed by atoms with Crippen LogP contribution in [0.1, 0.15) is 60.3 Å². The molecule has 154 valence electrons. The molecule has 4 saturated heterocycles. The Labute approximate surface area is 171 Å². The SMILES string of the molecule is COc1ccc([C@H]2CN(C(=O)c3cc(C(C)C)no3)[C@H]3C4CCN(CC4)[C@@H]23)cc1. The topological polar surface area (TPSA) is 58.8 Å². The molecule has 2 aromatic rings. The van der Waals surface area contributed by atoms with Gasteiger partial charge in [0.1, 0.15) is 5.75 Å². The maximum atomic E-state index is 13.4. The van der Waals surface area contributed by atoms with Crippen LogP contribution in [0.2, 0.25) is 0 Å². The normalized spacial score (nSPS) is 30.6. The summed E-state index contributed by atoms with van der Waals surface area (Å²) >= 11 is 0. The number of methoxy groups -OCH3 is 1. The third-order valence-corrected chi connectivity index (χ3v) is 7.13. The Morgan fingerprint density at radius 3 is 2.52 bits per heavy atom. The number of likely N-dealkylation sites (tertiary alicyclic amines) is 1. The van der Waals surface area contributed by atoms with Gasteiger partial charge in [-0.1, -0.05) is 31.1 Å². The Kier molecular flexibility index (Phi) is 4.62. The lowest BCUT2D eigenvalue weighted by molar-refractivity contribution is -0.00451. The van der Waals surface area contributed by atoms with Crippen molar-refractivity contribution in [1.82, 2.24) is 15.0 Å². The zero-order valence-corrected chi connectivity index (χ0v) is 17.4. The summed E-state index contributed by atoms with van der Waals surface area (Å²) in [7, 11) is 1.69. The first kappa shape index (κ1) is 18.7. The molecule has 6 rings (SSSR count). The lowest BCUT2D eigenvalue weighted by Crippen LogP contribution is -2.60.